The summed E-state index contributed by atoms with van der Waals surface area (Å²) in [6.45, 7) is 1.51. The first-order chi connectivity index (χ1) is 15.7. The summed E-state index contributed by atoms with van der Waals surface area (Å²) in [5.74, 6) is 1.81. The molecule has 5 heteroatoms. The Hall–Kier alpha value is -3.60. The van der Waals surface area contributed by atoms with Crippen molar-refractivity contribution in [1.82, 2.24) is 15.2 Å². The van der Waals surface area contributed by atoms with E-state index in [1.54, 1.807) is 6.20 Å². The van der Waals surface area contributed by atoms with Crippen LogP contribution >= 0.6 is 0 Å². The maximum Gasteiger partial charge on any atom is 0.317 e. The Bertz CT molecular complexity index is 1090. The Morgan fingerprint density at radius 3 is 2.59 bits per heavy atom. The van der Waals surface area contributed by atoms with E-state index in [4.69, 9.17) is 4.74 Å². The minimum absolute atomic E-state index is 0.0678. The molecule has 5 nitrogen and oxygen atoms in total. The molecule has 1 saturated carbocycles. The molecular weight excluding hydrogens is 398 g/mol. The van der Waals surface area contributed by atoms with E-state index in [-0.39, 0.29) is 12.1 Å². The number of nitrogens with zero attached hydrogens (tertiary/aromatic N) is 2. The highest BCUT2D eigenvalue weighted by Crippen LogP contribution is 2.40. The topological polar surface area (TPSA) is 54.5 Å². The smallest absolute Gasteiger partial charge is 0.317 e. The van der Waals surface area contributed by atoms with Gasteiger partial charge in [0.2, 0.25) is 5.88 Å². The predicted molar refractivity (Wildman–Crippen MR) is 126 cm³/mol. The van der Waals surface area contributed by atoms with Crippen LogP contribution in [0.25, 0.3) is 6.08 Å². The molecule has 2 aliphatic rings. The molecule has 2 heterocycles. The molecule has 0 radical (unpaired) electrons. The first kappa shape index (κ1) is 20.3. The van der Waals surface area contributed by atoms with Gasteiger partial charge in [-0.2, -0.15) is 0 Å². The van der Waals surface area contributed by atoms with E-state index < -0.39 is 0 Å². The van der Waals surface area contributed by atoms with Crippen molar-refractivity contribution in [3.05, 3.63) is 95.7 Å². The number of likely N-dealkylation sites (tertiary alicyclic amines) is 1. The van der Waals surface area contributed by atoms with Gasteiger partial charge in [0.05, 0.1) is 0 Å². The zero-order valence-electron chi connectivity index (χ0n) is 18.0. The largest absolute Gasteiger partial charge is 0.439 e. The fraction of sp³-hybridized carbons (Fsp3) is 0.259. The average molecular weight is 426 g/mol. The molecule has 1 aliphatic heterocycles. The van der Waals surface area contributed by atoms with Gasteiger partial charge in [-0.3, -0.25) is 0 Å². The summed E-state index contributed by atoms with van der Waals surface area (Å²) in [6.07, 6.45) is 6.76. The maximum atomic E-state index is 12.7. The van der Waals surface area contributed by atoms with E-state index in [1.165, 1.54) is 11.1 Å². The maximum absolute atomic E-state index is 12.7. The van der Waals surface area contributed by atoms with Crippen molar-refractivity contribution in [3.8, 4) is 11.6 Å². The lowest BCUT2D eigenvalue weighted by molar-refractivity contribution is 0.193. The van der Waals surface area contributed by atoms with Crippen LogP contribution in [-0.4, -0.2) is 35.0 Å². The molecule has 0 spiro atoms. The van der Waals surface area contributed by atoms with Gasteiger partial charge in [0, 0.05) is 37.3 Å². The van der Waals surface area contributed by atoms with Crippen LogP contribution in [0.5, 0.6) is 11.6 Å². The molecule has 1 aromatic heterocycles. The van der Waals surface area contributed by atoms with Crippen LogP contribution in [0.2, 0.25) is 0 Å². The van der Waals surface area contributed by atoms with E-state index in [2.05, 4.69) is 46.7 Å². The van der Waals surface area contributed by atoms with E-state index >= 15 is 0 Å². The third-order valence-electron chi connectivity index (χ3n) is 6.11. The lowest BCUT2D eigenvalue weighted by Gasteiger charge is -2.28. The summed E-state index contributed by atoms with van der Waals surface area (Å²) in [7, 11) is 0. The number of nitrogens with one attached hydrogen (secondary N) is 1. The van der Waals surface area contributed by atoms with Crippen molar-refractivity contribution in [2.24, 2.45) is 0 Å². The molecule has 1 N–H and O–H groups in total. The van der Waals surface area contributed by atoms with Crippen molar-refractivity contribution in [1.29, 1.82) is 0 Å². The summed E-state index contributed by atoms with van der Waals surface area (Å²) >= 11 is 0. The third-order valence-corrected chi connectivity index (χ3v) is 6.11. The van der Waals surface area contributed by atoms with Crippen LogP contribution in [0, 0.1) is 0 Å². The number of benzene rings is 2. The van der Waals surface area contributed by atoms with Gasteiger partial charge in [-0.1, -0.05) is 60.2 Å². The summed E-state index contributed by atoms with van der Waals surface area (Å²) < 4.78 is 5.84. The number of carbonyl (C=O) groups is 1. The number of pyridine rings is 1. The van der Waals surface area contributed by atoms with Crippen LogP contribution in [-0.2, 0) is 0 Å². The first-order valence-electron chi connectivity index (χ1n) is 11.2. The fourth-order valence-corrected chi connectivity index (χ4v) is 4.25. The van der Waals surface area contributed by atoms with E-state index in [0.717, 1.165) is 43.7 Å². The van der Waals surface area contributed by atoms with Crippen molar-refractivity contribution in [3.63, 3.8) is 0 Å². The third kappa shape index (κ3) is 4.99. The molecule has 2 atom stereocenters. The number of amides is 2. The minimum Gasteiger partial charge on any atom is -0.439 e. The minimum atomic E-state index is 0.0678. The van der Waals surface area contributed by atoms with Gasteiger partial charge in [0.15, 0.2) is 0 Å². The molecule has 32 heavy (non-hydrogen) atoms. The number of hydrogen-bond acceptors (Lipinski definition) is 3. The van der Waals surface area contributed by atoms with Crippen molar-refractivity contribution < 1.29 is 9.53 Å². The molecule has 1 aliphatic carbocycles. The van der Waals surface area contributed by atoms with Crippen LogP contribution in [0.15, 0.2) is 84.6 Å². The van der Waals surface area contributed by atoms with Gasteiger partial charge in [-0.05, 0) is 48.6 Å². The molecule has 2 unspecified atom stereocenters. The molecule has 3 aromatic rings. The van der Waals surface area contributed by atoms with E-state index in [0.29, 0.717) is 11.8 Å². The summed E-state index contributed by atoms with van der Waals surface area (Å²) in [5.41, 5.74) is 3.78. The first-order valence-corrected chi connectivity index (χ1v) is 11.2. The van der Waals surface area contributed by atoms with Gasteiger partial charge in [-0.25, -0.2) is 9.78 Å². The van der Waals surface area contributed by atoms with Crippen molar-refractivity contribution in [2.75, 3.05) is 13.1 Å². The Kier molecular flexibility index (Phi) is 5.88. The number of urea groups is 1. The van der Waals surface area contributed by atoms with Gasteiger partial charge in [-0.15, -0.1) is 0 Å². The normalized spacial score (nSPS) is 19.9. The van der Waals surface area contributed by atoms with Crippen LogP contribution in [0.3, 0.4) is 0 Å². The number of ether oxygens (including phenoxy) is 1. The van der Waals surface area contributed by atoms with Crippen molar-refractivity contribution >= 4 is 12.1 Å². The molecule has 162 valence electrons. The zero-order valence-corrected chi connectivity index (χ0v) is 18.0. The fourth-order valence-electron chi connectivity index (χ4n) is 4.25. The number of aromatic nitrogens is 1. The van der Waals surface area contributed by atoms with E-state index in [9.17, 15) is 4.79 Å². The second-order valence-electron chi connectivity index (χ2n) is 8.44. The quantitative estimate of drug-likeness (QED) is 0.577. The summed E-state index contributed by atoms with van der Waals surface area (Å²) in [6, 6.07) is 24.4. The number of carbonyl (C=O) groups excluding carboxylic acids is 1. The highest BCUT2D eigenvalue weighted by molar-refractivity contribution is 5.75. The van der Waals surface area contributed by atoms with Gasteiger partial charge in [0.1, 0.15) is 5.75 Å². The van der Waals surface area contributed by atoms with Gasteiger partial charge >= 0.3 is 6.03 Å². The summed E-state index contributed by atoms with van der Waals surface area (Å²) in [4.78, 5) is 18.8. The Balaban J connectivity index is 1.13. The number of rotatable bonds is 5. The number of piperidine rings is 1. The Morgan fingerprint density at radius 1 is 1.00 bits per heavy atom. The molecule has 2 fully saturated rings. The van der Waals surface area contributed by atoms with Crippen molar-refractivity contribution in [2.45, 2.75) is 31.2 Å². The SMILES string of the molecule is O=C(NC1CC1c1ccccc1)N1CCC(=Cc2cccc(Oc3ccccn3)c2)CC1. The lowest BCUT2D eigenvalue weighted by Crippen LogP contribution is -2.44. The van der Waals surface area contributed by atoms with Gasteiger partial charge < -0.3 is 15.0 Å². The highest BCUT2D eigenvalue weighted by Gasteiger charge is 2.40. The number of hydrogen-bond donors (Lipinski definition) is 1. The molecular formula is C27H27N3O2. The van der Waals surface area contributed by atoms with Gasteiger partial charge in [0.25, 0.3) is 0 Å². The monoisotopic (exact) mass is 425 g/mol. The summed E-state index contributed by atoms with van der Waals surface area (Å²) in [5, 5.41) is 3.21. The molecule has 2 amide bonds. The molecule has 1 saturated heterocycles. The average Bonchev–Trinajstić information content (AvgIpc) is 3.60. The molecule has 0 bridgehead atoms. The second kappa shape index (κ2) is 9.27. The Morgan fingerprint density at radius 2 is 1.81 bits per heavy atom. The van der Waals surface area contributed by atoms with Crippen LogP contribution in [0.4, 0.5) is 4.79 Å². The second-order valence-corrected chi connectivity index (χ2v) is 8.44. The van der Waals surface area contributed by atoms with E-state index in [1.807, 2.05) is 47.4 Å². The predicted octanol–water partition coefficient (Wildman–Crippen LogP) is 5.62. The van der Waals surface area contributed by atoms with Crippen LogP contribution in [0.1, 0.15) is 36.3 Å². The lowest BCUT2D eigenvalue weighted by atomic mass is 10.0. The van der Waals surface area contributed by atoms with Crippen LogP contribution < -0.4 is 10.1 Å². The molecule has 2 aromatic carbocycles. The zero-order chi connectivity index (χ0) is 21.8. The Labute approximate surface area is 188 Å². The highest BCUT2D eigenvalue weighted by atomic mass is 16.5. The standard InChI is InChI=1S/C27H27N3O2/c31-27(29-25-19-24(25)22-8-2-1-3-9-22)30-15-12-20(13-16-30)17-21-7-6-10-23(18-21)32-26-11-4-5-14-28-26/h1-11,14,17-18,24-25H,12-13,15-16,19H2,(H,29,31). The molecule has 5 rings (SSSR count).